The Hall–Kier alpha value is -1.06. The first kappa shape index (κ1) is 13.0. The summed E-state index contributed by atoms with van der Waals surface area (Å²) in [5, 5.41) is 19.2. The molecule has 0 bridgehead atoms. The molecular formula is C13H20O3. The second-order valence-electron chi connectivity index (χ2n) is 3.88. The Labute approximate surface area is 96.7 Å². The number of aliphatic hydroxyl groups is 2. The highest BCUT2D eigenvalue weighted by atomic mass is 16.5. The lowest BCUT2D eigenvalue weighted by Crippen LogP contribution is -2.03. The highest BCUT2D eigenvalue weighted by Gasteiger charge is 2.12. The molecule has 90 valence electrons. The molecule has 1 aromatic carbocycles. The van der Waals surface area contributed by atoms with Crippen LogP contribution in [-0.4, -0.2) is 17.3 Å². The second-order valence-corrected chi connectivity index (χ2v) is 3.88. The van der Waals surface area contributed by atoms with Gasteiger partial charge in [0.1, 0.15) is 5.75 Å². The molecule has 0 aliphatic heterocycles. The molecule has 1 rings (SSSR count). The fourth-order valence-corrected chi connectivity index (χ4v) is 1.72. The smallest absolute Gasteiger partial charge is 0.119 e. The summed E-state index contributed by atoms with van der Waals surface area (Å²) in [6, 6.07) is 5.40. The largest absolute Gasteiger partial charge is 0.497 e. The molecule has 0 amide bonds. The van der Waals surface area contributed by atoms with E-state index >= 15 is 0 Å². The monoisotopic (exact) mass is 224 g/mol. The van der Waals surface area contributed by atoms with Crippen LogP contribution in [0.1, 0.15) is 43.4 Å². The number of hydrogen-bond donors (Lipinski definition) is 2. The van der Waals surface area contributed by atoms with Gasteiger partial charge in [0.2, 0.25) is 0 Å². The molecule has 0 saturated heterocycles. The van der Waals surface area contributed by atoms with E-state index in [1.807, 2.05) is 12.1 Å². The average Bonchev–Trinajstić information content (AvgIpc) is 2.34. The molecule has 0 spiro atoms. The van der Waals surface area contributed by atoms with Crippen LogP contribution >= 0.6 is 0 Å². The third-order valence-electron chi connectivity index (χ3n) is 2.71. The van der Waals surface area contributed by atoms with Crippen LogP contribution < -0.4 is 4.74 Å². The SMILES string of the molecule is CCCCC(O)c1ccc(OC)cc1CO. The fourth-order valence-electron chi connectivity index (χ4n) is 1.72. The van der Waals surface area contributed by atoms with Gasteiger partial charge in [0.05, 0.1) is 19.8 Å². The molecule has 1 aromatic rings. The Morgan fingerprint density at radius 1 is 1.38 bits per heavy atom. The third kappa shape index (κ3) is 3.22. The topological polar surface area (TPSA) is 49.7 Å². The molecule has 3 heteroatoms. The van der Waals surface area contributed by atoms with Crippen LogP contribution in [0.4, 0.5) is 0 Å². The van der Waals surface area contributed by atoms with Crippen molar-refractivity contribution in [3.63, 3.8) is 0 Å². The van der Waals surface area contributed by atoms with Gasteiger partial charge in [-0.25, -0.2) is 0 Å². The number of methoxy groups -OCH3 is 1. The average molecular weight is 224 g/mol. The van der Waals surface area contributed by atoms with Gasteiger partial charge < -0.3 is 14.9 Å². The van der Waals surface area contributed by atoms with Gasteiger partial charge in [0, 0.05) is 0 Å². The van der Waals surface area contributed by atoms with Crippen molar-refractivity contribution in [2.45, 2.75) is 38.9 Å². The van der Waals surface area contributed by atoms with E-state index in [9.17, 15) is 10.2 Å². The van der Waals surface area contributed by atoms with Crippen LogP contribution in [0.3, 0.4) is 0 Å². The first-order valence-electron chi connectivity index (χ1n) is 5.68. The van der Waals surface area contributed by atoms with Crippen LogP contribution in [0.15, 0.2) is 18.2 Å². The molecule has 0 radical (unpaired) electrons. The van der Waals surface area contributed by atoms with E-state index in [0.717, 1.165) is 30.4 Å². The number of hydrogen-bond acceptors (Lipinski definition) is 3. The van der Waals surface area contributed by atoms with E-state index in [1.54, 1.807) is 13.2 Å². The summed E-state index contributed by atoms with van der Waals surface area (Å²) in [7, 11) is 1.59. The molecule has 3 nitrogen and oxygen atoms in total. The van der Waals surface area contributed by atoms with E-state index in [4.69, 9.17) is 4.74 Å². The van der Waals surface area contributed by atoms with Crippen molar-refractivity contribution >= 4 is 0 Å². The predicted molar refractivity (Wildman–Crippen MR) is 63.4 cm³/mol. The van der Waals surface area contributed by atoms with E-state index in [0.29, 0.717) is 5.75 Å². The maximum Gasteiger partial charge on any atom is 0.119 e. The molecular weight excluding hydrogens is 204 g/mol. The van der Waals surface area contributed by atoms with Gasteiger partial charge in [0.15, 0.2) is 0 Å². The van der Waals surface area contributed by atoms with Crippen LogP contribution in [0.2, 0.25) is 0 Å². The Balaban J connectivity index is 2.85. The zero-order valence-corrected chi connectivity index (χ0v) is 9.94. The molecule has 0 fully saturated rings. The molecule has 16 heavy (non-hydrogen) atoms. The van der Waals surface area contributed by atoms with E-state index in [-0.39, 0.29) is 6.61 Å². The lowest BCUT2D eigenvalue weighted by atomic mass is 9.98. The van der Waals surface area contributed by atoms with Gasteiger partial charge in [-0.3, -0.25) is 0 Å². The van der Waals surface area contributed by atoms with Crippen molar-refractivity contribution < 1.29 is 14.9 Å². The van der Waals surface area contributed by atoms with Gasteiger partial charge in [-0.05, 0) is 29.7 Å². The van der Waals surface area contributed by atoms with Crippen molar-refractivity contribution in [2.75, 3.05) is 7.11 Å². The standard InChI is InChI=1S/C13H20O3/c1-3-4-5-13(15)12-7-6-11(16-2)8-10(12)9-14/h6-8,13-15H,3-5,9H2,1-2H3. The molecule has 0 aliphatic carbocycles. The summed E-state index contributed by atoms with van der Waals surface area (Å²) < 4.78 is 5.08. The van der Waals surface area contributed by atoms with Crippen molar-refractivity contribution in [1.29, 1.82) is 0 Å². The minimum Gasteiger partial charge on any atom is -0.497 e. The lowest BCUT2D eigenvalue weighted by molar-refractivity contribution is 0.160. The van der Waals surface area contributed by atoms with Crippen LogP contribution in [-0.2, 0) is 6.61 Å². The molecule has 0 aliphatic rings. The first-order chi connectivity index (χ1) is 7.72. The highest BCUT2D eigenvalue weighted by Crippen LogP contribution is 2.26. The summed E-state index contributed by atoms with van der Waals surface area (Å²) in [5.41, 5.74) is 1.54. The number of aliphatic hydroxyl groups excluding tert-OH is 2. The number of benzene rings is 1. The zero-order chi connectivity index (χ0) is 12.0. The van der Waals surface area contributed by atoms with Gasteiger partial charge in [0.25, 0.3) is 0 Å². The summed E-state index contributed by atoms with van der Waals surface area (Å²) in [5.74, 6) is 0.704. The van der Waals surface area contributed by atoms with Crippen molar-refractivity contribution in [1.82, 2.24) is 0 Å². The van der Waals surface area contributed by atoms with Crippen LogP contribution in [0.5, 0.6) is 5.75 Å². The van der Waals surface area contributed by atoms with Crippen LogP contribution in [0, 0.1) is 0 Å². The normalized spacial score (nSPS) is 12.5. The van der Waals surface area contributed by atoms with Gasteiger partial charge in [-0.2, -0.15) is 0 Å². The van der Waals surface area contributed by atoms with Crippen molar-refractivity contribution in [2.24, 2.45) is 0 Å². The number of unbranched alkanes of at least 4 members (excludes halogenated alkanes) is 1. The number of ether oxygens (including phenoxy) is 1. The molecule has 2 N–H and O–H groups in total. The first-order valence-corrected chi connectivity index (χ1v) is 5.68. The zero-order valence-electron chi connectivity index (χ0n) is 9.94. The second kappa shape index (κ2) is 6.51. The minimum atomic E-state index is -0.493. The molecule has 0 heterocycles. The Morgan fingerprint density at radius 2 is 2.12 bits per heavy atom. The van der Waals surface area contributed by atoms with Gasteiger partial charge in [-0.1, -0.05) is 25.8 Å². The van der Waals surface area contributed by atoms with E-state index < -0.39 is 6.10 Å². The summed E-state index contributed by atoms with van der Waals surface area (Å²) in [6.07, 6.45) is 2.28. The van der Waals surface area contributed by atoms with Crippen molar-refractivity contribution in [3.05, 3.63) is 29.3 Å². The maximum absolute atomic E-state index is 9.98. The molecule has 1 atom stereocenters. The van der Waals surface area contributed by atoms with Gasteiger partial charge >= 0.3 is 0 Å². The van der Waals surface area contributed by atoms with Crippen LogP contribution in [0.25, 0.3) is 0 Å². The van der Waals surface area contributed by atoms with Crippen molar-refractivity contribution in [3.8, 4) is 5.75 Å². The summed E-state index contributed by atoms with van der Waals surface area (Å²) in [4.78, 5) is 0. The summed E-state index contributed by atoms with van der Waals surface area (Å²) in [6.45, 7) is 2.02. The quantitative estimate of drug-likeness (QED) is 0.780. The van der Waals surface area contributed by atoms with Gasteiger partial charge in [-0.15, -0.1) is 0 Å². The maximum atomic E-state index is 9.98. The van der Waals surface area contributed by atoms with E-state index in [2.05, 4.69) is 6.92 Å². The highest BCUT2D eigenvalue weighted by molar-refractivity contribution is 5.36. The Bertz CT molecular complexity index is 323. The summed E-state index contributed by atoms with van der Waals surface area (Å²) >= 11 is 0. The van der Waals surface area contributed by atoms with E-state index in [1.165, 1.54) is 0 Å². The fraction of sp³-hybridized carbons (Fsp3) is 0.538. The molecule has 0 aromatic heterocycles. The Kier molecular flexibility index (Phi) is 5.29. The molecule has 1 unspecified atom stereocenters. The lowest BCUT2D eigenvalue weighted by Gasteiger charge is -2.15. The molecule has 0 saturated carbocycles. The number of rotatable bonds is 6. The predicted octanol–water partition coefficient (Wildman–Crippen LogP) is 2.41. The Morgan fingerprint density at radius 3 is 2.69 bits per heavy atom. The minimum absolute atomic E-state index is 0.0737. The third-order valence-corrected chi connectivity index (χ3v) is 2.71.